The summed E-state index contributed by atoms with van der Waals surface area (Å²) in [5.41, 5.74) is 0. The Labute approximate surface area is 84.8 Å². The van der Waals surface area contributed by atoms with Gasteiger partial charge in [0.25, 0.3) is 10.2 Å². The van der Waals surface area contributed by atoms with Crippen LogP contribution in [0.4, 0.5) is 0 Å². The summed E-state index contributed by atoms with van der Waals surface area (Å²) in [4.78, 5) is 0. The van der Waals surface area contributed by atoms with Gasteiger partial charge in [-0.3, -0.25) is 0 Å². The second-order valence-corrected chi connectivity index (χ2v) is 5.63. The largest absolute Gasteiger partial charge is 0.316 e. The SMILES string of the molecule is O=S(=O)(NCC1CCNC1)NC1CC1. The monoisotopic (exact) mass is 219 g/mol. The Kier molecular flexibility index (Phi) is 3.06. The summed E-state index contributed by atoms with van der Waals surface area (Å²) in [6.45, 7) is 2.48. The molecule has 1 saturated heterocycles. The van der Waals surface area contributed by atoms with Gasteiger partial charge in [0.2, 0.25) is 0 Å². The highest BCUT2D eigenvalue weighted by molar-refractivity contribution is 7.87. The van der Waals surface area contributed by atoms with E-state index in [4.69, 9.17) is 0 Å². The molecule has 0 aromatic rings. The lowest BCUT2D eigenvalue weighted by Gasteiger charge is -2.10. The van der Waals surface area contributed by atoms with Crippen molar-refractivity contribution in [2.45, 2.75) is 25.3 Å². The number of hydrogen-bond donors (Lipinski definition) is 3. The van der Waals surface area contributed by atoms with Crippen LogP contribution in [-0.2, 0) is 10.2 Å². The summed E-state index contributed by atoms with van der Waals surface area (Å²) < 4.78 is 28.0. The Morgan fingerprint density at radius 2 is 2.07 bits per heavy atom. The van der Waals surface area contributed by atoms with Crippen LogP contribution >= 0.6 is 0 Å². The maximum Gasteiger partial charge on any atom is 0.277 e. The molecular formula is C8H17N3O2S. The van der Waals surface area contributed by atoms with Gasteiger partial charge in [-0.1, -0.05) is 0 Å². The van der Waals surface area contributed by atoms with Crippen LogP contribution in [-0.4, -0.2) is 34.1 Å². The first-order chi connectivity index (χ1) is 6.66. The van der Waals surface area contributed by atoms with Crippen LogP contribution in [0.25, 0.3) is 0 Å². The molecule has 1 atom stereocenters. The number of rotatable bonds is 5. The van der Waals surface area contributed by atoms with Crippen molar-refractivity contribution in [2.24, 2.45) is 5.92 Å². The second kappa shape index (κ2) is 4.14. The van der Waals surface area contributed by atoms with Crippen LogP contribution in [0.2, 0.25) is 0 Å². The van der Waals surface area contributed by atoms with Crippen molar-refractivity contribution in [3.63, 3.8) is 0 Å². The quantitative estimate of drug-likeness (QED) is 0.566. The third-order valence-electron chi connectivity index (χ3n) is 2.62. The first-order valence-electron chi connectivity index (χ1n) is 5.13. The molecule has 1 unspecified atom stereocenters. The van der Waals surface area contributed by atoms with E-state index < -0.39 is 10.2 Å². The van der Waals surface area contributed by atoms with E-state index in [0.717, 1.165) is 32.4 Å². The van der Waals surface area contributed by atoms with Gasteiger partial charge < -0.3 is 5.32 Å². The van der Waals surface area contributed by atoms with Crippen LogP contribution in [0.5, 0.6) is 0 Å². The Balaban J connectivity index is 1.71. The molecule has 0 bridgehead atoms. The van der Waals surface area contributed by atoms with Crippen LogP contribution in [0.15, 0.2) is 0 Å². The molecule has 1 aliphatic carbocycles. The lowest BCUT2D eigenvalue weighted by Crippen LogP contribution is -2.40. The highest BCUT2D eigenvalue weighted by Gasteiger charge is 2.27. The molecule has 1 aliphatic heterocycles. The van der Waals surface area contributed by atoms with Gasteiger partial charge in [-0.25, -0.2) is 4.72 Å². The summed E-state index contributed by atoms with van der Waals surface area (Å²) in [6.07, 6.45) is 3.02. The lowest BCUT2D eigenvalue weighted by atomic mass is 10.1. The van der Waals surface area contributed by atoms with Crippen molar-refractivity contribution in [1.29, 1.82) is 0 Å². The van der Waals surface area contributed by atoms with Gasteiger partial charge in [-0.05, 0) is 38.3 Å². The summed E-state index contributed by atoms with van der Waals surface area (Å²) in [5.74, 6) is 0.450. The fraction of sp³-hybridized carbons (Fsp3) is 1.00. The molecule has 1 heterocycles. The molecule has 14 heavy (non-hydrogen) atoms. The summed E-state index contributed by atoms with van der Waals surface area (Å²) >= 11 is 0. The maximum atomic E-state index is 11.4. The molecule has 1 saturated carbocycles. The molecule has 82 valence electrons. The summed E-state index contributed by atoms with van der Waals surface area (Å²) in [6, 6.07) is 0.189. The molecule has 2 fully saturated rings. The van der Waals surface area contributed by atoms with Crippen LogP contribution in [0.3, 0.4) is 0 Å². The zero-order valence-electron chi connectivity index (χ0n) is 8.12. The first kappa shape index (κ1) is 10.4. The van der Waals surface area contributed by atoms with E-state index >= 15 is 0 Å². The third-order valence-corrected chi connectivity index (χ3v) is 3.81. The van der Waals surface area contributed by atoms with Gasteiger partial charge in [0.15, 0.2) is 0 Å². The Hall–Kier alpha value is -0.170. The van der Waals surface area contributed by atoms with Gasteiger partial charge in [0.1, 0.15) is 0 Å². The number of nitrogens with one attached hydrogen (secondary N) is 3. The van der Waals surface area contributed by atoms with Crippen molar-refractivity contribution >= 4 is 10.2 Å². The normalized spacial score (nSPS) is 28.1. The van der Waals surface area contributed by atoms with E-state index in [1.54, 1.807) is 0 Å². The highest BCUT2D eigenvalue weighted by atomic mass is 32.2. The molecular weight excluding hydrogens is 202 g/mol. The average molecular weight is 219 g/mol. The smallest absolute Gasteiger partial charge is 0.277 e. The molecule has 3 N–H and O–H groups in total. The molecule has 0 radical (unpaired) electrons. The Morgan fingerprint density at radius 3 is 2.64 bits per heavy atom. The molecule has 2 aliphatic rings. The van der Waals surface area contributed by atoms with Crippen molar-refractivity contribution in [1.82, 2.24) is 14.8 Å². The van der Waals surface area contributed by atoms with Gasteiger partial charge >= 0.3 is 0 Å². The Morgan fingerprint density at radius 1 is 1.29 bits per heavy atom. The van der Waals surface area contributed by atoms with Gasteiger partial charge in [0, 0.05) is 12.6 Å². The van der Waals surface area contributed by atoms with E-state index in [0.29, 0.717) is 12.5 Å². The van der Waals surface area contributed by atoms with Crippen molar-refractivity contribution in [2.75, 3.05) is 19.6 Å². The van der Waals surface area contributed by atoms with E-state index in [9.17, 15) is 8.42 Å². The minimum atomic E-state index is -3.23. The zero-order valence-corrected chi connectivity index (χ0v) is 8.94. The molecule has 0 aromatic carbocycles. The predicted octanol–water partition coefficient (Wildman–Crippen LogP) is -0.818. The average Bonchev–Trinajstić information content (AvgIpc) is 2.78. The summed E-state index contributed by atoms with van der Waals surface area (Å²) in [5, 5.41) is 3.21. The molecule has 2 rings (SSSR count). The molecule has 5 nitrogen and oxygen atoms in total. The Bertz CT molecular complexity index is 281. The van der Waals surface area contributed by atoms with Crippen LogP contribution in [0, 0.1) is 5.92 Å². The van der Waals surface area contributed by atoms with Gasteiger partial charge in [-0.2, -0.15) is 13.1 Å². The van der Waals surface area contributed by atoms with E-state index in [-0.39, 0.29) is 6.04 Å². The lowest BCUT2D eigenvalue weighted by molar-refractivity contribution is 0.529. The minimum Gasteiger partial charge on any atom is -0.316 e. The maximum absolute atomic E-state index is 11.4. The molecule has 0 amide bonds. The van der Waals surface area contributed by atoms with Gasteiger partial charge in [-0.15, -0.1) is 0 Å². The molecule has 6 heteroatoms. The second-order valence-electron chi connectivity index (χ2n) is 4.10. The summed E-state index contributed by atoms with van der Waals surface area (Å²) in [7, 11) is -3.23. The van der Waals surface area contributed by atoms with Crippen molar-refractivity contribution < 1.29 is 8.42 Å². The van der Waals surface area contributed by atoms with E-state index in [1.165, 1.54) is 0 Å². The topological polar surface area (TPSA) is 70.2 Å². The minimum absolute atomic E-state index is 0.189. The molecule has 0 aromatic heterocycles. The number of hydrogen-bond acceptors (Lipinski definition) is 3. The highest BCUT2D eigenvalue weighted by Crippen LogP contribution is 2.19. The standard InChI is InChI=1S/C8H17N3O2S/c12-14(13,11-8-1-2-8)10-6-7-3-4-9-5-7/h7-11H,1-6H2. The van der Waals surface area contributed by atoms with Crippen LogP contribution in [0.1, 0.15) is 19.3 Å². The zero-order chi connectivity index (χ0) is 10.0. The first-order valence-corrected chi connectivity index (χ1v) is 6.62. The van der Waals surface area contributed by atoms with Crippen molar-refractivity contribution in [3.8, 4) is 0 Å². The predicted molar refractivity (Wildman–Crippen MR) is 54.1 cm³/mol. The third kappa shape index (κ3) is 3.20. The van der Waals surface area contributed by atoms with Gasteiger partial charge in [0.05, 0.1) is 0 Å². The fourth-order valence-electron chi connectivity index (χ4n) is 1.58. The van der Waals surface area contributed by atoms with Crippen molar-refractivity contribution in [3.05, 3.63) is 0 Å². The molecule has 0 spiro atoms. The van der Waals surface area contributed by atoms with Crippen LogP contribution < -0.4 is 14.8 Å². The fourth-order valence-corrected chi connectivity index (χ4v) is 2.79. The van der Waals surface area contributed by atoms with E-state index in [2.05, 4.69) is 14.8 Å². The van der Waals surface area contributed by atoms with E-state index in [1.807, 2.05) is 0 Å².